The summed E-state index contributed by atoms with van der Waals surface area (Å²) in [5, 5.41) is 5.22. The molecule has 128 valence electrons. The Balaban J connectivity index is 1.97. The Morgan fingerprint density at radius 1 is 1.22 bits per heavy atom. The van der Waals surface area contributed by atoms with Crippen LogP contribution in [0.3, 0.4) is 0 Å². The lowest BCUT2D eigenvalue weighted by molar-refractivity contribution is -0.0815. The topological polar surface area (TPSA) is 46.1 Å². The average molecular weight is 319 g/mol. The fourth-order valence-electron chi connectivity index (χ4n) is 2.44. The van der Waals surface area contributed by atoms with E-state index in [0.29, 0.717) is 0 Å². The van der Waals surface area contributed by atoms with Crippen LogP contribution in [0.5, 0.6) is 5.75 Å². The van der Waals surface area contributed by atoms with Crippen molar-refractivity contribution in [1.29, 1.82) is 0 Å². The van der Waals surface area contributed by atoms with Crippen molar-refractivity contribution in [3.8, 4) is 5.75 Å². The standard InChI is InChI=1S/C18H29N3O2/c1-4-7-14-22-16-10-8-15(9-11-16)18-20-17(12-13-19-5-2)23-21(18)6-3/h8-11,18-19H,4-7,12-14H2,1-3H3/t18-/m0/s1. The zero-order chi connectivity index (χ0) is 16.5. The van der Waals surface area contributed by atoms with E-state index in [9.17, 15) is 0 Å². The molecule has 0 fully saturated rings. The fraction of sp³-hybridized carbons (Fsp3) is 0.611. The molecular formula is C18H29N3O2. The van der Waals surface area contributed by atoms with Crippen LogP contribution < -0.4 is 10.1 Å². The summed E-state index contributed by atoms with van der Waals surface area (Å²) in [6.07, 6.45) is 2.99. The summed E-state index contributed by atoms with van der Waals surface area (Å²) in [5.41, 5.74) is 1.13. The number of hydroxylamine groups is 2. The molecule has 1 aliphatic heterocycles. The van der Waals surface area contributed by atoms with Gasteiger partial charge in [0.15, 0.2) is 6.17 Å². The monoisotopic (exact) mass is 319 g/mol. The van der Waals surface area contributed by atoms with E-state index in [4.69, 9.17) is 14.6 Å². The number of unbranched alkanes of at least 4 members (excludes halogenated alkanes) is 1. The zero-order valence-corrected chi connectivity index (χ0v) is 14.5. The molecule has 5 nitrogen and oxygen atoms in total. The molecule has 0 aromatic heterocycles. The molecule has 0 bridgehead atoms. The van der Waals surface area contributed by atoms with Crippen LogP contribution in [0.1, 0.15) is 51.8 Å². The molecule has 5 heteroatoms. The molecule has 1 N–H and O–H groups in total. The summed E-state index contributed by atoms with van der Waals surface area (Å²) in [4.78, 5) is 10.6. The van der Waals surface area contributed by atoms with Gasteiger partial charge in [0.2, 0.25) is 5.90 Å². The number of nitrogens with one attached hydrogen (secondary N) is 1. The Hall–Kier alpha value is -1.59. The third-order valence-corrected chi connectivity index (χ3v) is 3.78. The van der Waals surface area contributed by atoms with Gasteiger partial charge in [-0.25, -0.2) is 4.99 Å². The highest BCUT2D eigenvalue weighted by atomic mass is 16.7. The smallest absolute Gasteiger partial charge is 0.213 e. The Kier molecular flexibility index (Phi) is 7.36. The Morgan fingerprint density at radius 3 is 2.65 bits per heavy atom. The second-order valence-electron chi connectivity index (χ2n) is 5.60. The van der Waals surface area contributed by atoms with E-state index >= 15 is 0 Å². The molecular weight excluding hydrogens is 290 g/mol. The van der Waals surface area contributed by atoms with Crippen LogP contribution in [0.4, 0.5) is 0 Å². The third kappa shape index (κ3) is 5.22. The van der Waals surface area contributed by atoms with Crippen molar-refractivity contribution in [1.82, 2.24) is 10.4 Å². The molecule has 23 heavy (non-hydrogen) atoms. The molecule has 1 aliphatic rings. The molecule has 0 saturated heterocycles. The van der Waals surface area contributed by atoms with Gasteiger partial charge in [0.05, 0.1) is 6.61 Å². The van der Waals surface area contributed by atoms with Crippen molar-refractivity contribution in [2.45, 2.75) is 46.2 Å². The molecule has 1 aromatic rings. The highest BCUT2D eigenvalue weighted by Gasteiger charge is 2.28. The van der Waals surface area contributed by atoms with Crippen LogP contribution in [-0.4, -0.2) is 37.2 Å². The average Bonchev–Trinajstić information content (AvgIpc) is 2.99. The second kappa shape index (κ2) is 9.53. The highest BCUT2D eigenvalue weighted by Crippen LogP contribution is 2.29. The Labute approximate surface area is 139 Å². The van der Waals surface area contributed by atoms with Gasteiger partial charge in [0, 0.05) is 19.5 Å². The number of aliphatic imine (C=N–C) groups is 1. The van der Waals surface area contributed by atoms with Crippen molar-refractivity contribution < 1.29 is 9.57 Å². The van der Waals surface area contributed by atoms with E-state index in [1.807, 2.05) is 17.2 Å². The van der Waals surface area contributed by atoms with E-state index in [-0.39, 0.29) is 6.17 Å². The number of ether oxygens (including phenoxy) is 1. The maximum atomic E-state index is 5.85. The summed E-state index contributed by atoms with van der Waals surface area (Å²) in [5.74, 6) is 1.72. The Bertz CT molecular complexity index is 488. The largest absolute Gasteiger partial charge is 0.494 e. The predicted molar refractivity (Wildman–Crippen MR) is 93.6 cm³/mol. The van der Waals surface area contributed by atoms with E-state index in [0.717, 1.165) is 62.7 Å². The lowest BCUT2D eigenvalue weighted by atomic mass is 10.1. The van der Waals surface area contributed by atoms with Crippen molar-refractivity contribution in [2.75, 3.05) is 26.2 Å². The van der Waals surface area contributed by atoms with Crippen LogP contribution in [0, 0.1) is 0 Å². The Morgan fingerprint density at radius 2 is 2.00 bits per heavy atom. The van der Waals surface area contributed by atoms with Gasteiger partial charge in [0.25, 0.3) is 0 Å². The molecule has 0 saturated carbocycles. The van der Waals surface area contributed by atoms with Crippen molar-refractivity contribution in [3.05, 3.63) is 29.8 Å². The first-order valence-corrected chi connectivity index (χ1v) is 8.73. The minimum atomic E-state index is -0.0543. The van der Waals surface area contributed by atoms with E-state index < -0.39 is 0 Å². The lowest BCUT2D eigenvalue weighted by Gasteiger charge is -2.19. The predicted octanol–water partition coefficient (Wildman–Crippen LogP) is 3.53. The second-order valence-corrected chi connectivity index (χ2v) is 5.60. The minimum Gasteiger partial charge on any atom is -0.494 e. The van der Waals surface area contributed by atoms with E-state index in [1.165, 1.54) is 0 Å². The van der Waals surface area contributed by atoms with Crippen LogP contribution in [0.15, 0.2) is 29.3 Å². The zero-order valence-electron chi connectivity index (χ0n) is 14.5. The SMILES string of the molecule is CCCCOc1ccc([C@H]2N=C(CCNCC)ON2CC)cc1. The van der Waals surface area contributed by atoms with Crippen LogP contribution in [0.2, 0.25) is 0 Å². The van der Waals surface area contributed by atoms with Gasteiger partial charge in [-0.2, -0.15) is 0 Å². The summed E-state index contributed by atoms with van der Waals surface area (Å²) >= 11 is 0. The van der Waals surface area contributed by atoms with Gasteiger partial charge in [-0.05, 0) is 37.6 Å². The van der Waals surface area contributed by atoms with Crippen molar-refractivity contribution >= 4 is 5.90 Å². The van der Waals surface area contributed by atoms with Gasteiger partial charge >= 0.3 is 0 Å². The summed E-state index contributed by atoms with van der Waals surface area (Å²) in [6, 6.07) is 8.19. The molecule has 0 unspecified atom stereocenters. The number of hydrogen-bond acceptors (Lipinski definition) is 5. The third-order valence-electron chi connectivity index (χ3n) is 3.78. The molecule has 0 radical (unpaired) electrons. The first-order chi connectivity index (χ1) is 11.3. The number of rotatable bonds is 10. The molecule has 0 aliphatic carbocycles. The minimum absolute atomic E-state index is 0.0543. The number of hydrogen-bond donors (Lipinski definition) is 1. The highest BCUT2D eigenvalue weighted by molar-refractivity contribution is 5.77. The molecule has 1 atom stereocenters. The summed E-state index contributed by atoms with van der Waals surface area (Å²) in [6.45, 7) is 9.78. The van der Waals surface area contributed by atoms with Crippen molar-refractivity contribution in [3.63, 3.8) is 0 Å². The molecule has 0 spiro atoms. The van der Waals surface area contributed by atoms with Crippen molar-refractivity contribution in [2.24, 2.45) is 4.99 Å². The normalized spacial score (nSPS) is 17.9. The fourth-order valence-corrected chi connectivity index (χ4v) is 2.44. The van der Waals surface area contributed by atoms with Gasteiger partial charge in [-0.15, -0.1) is 5.06 Å². The lowest BCUT2D eigenvalue weighted by Crippen LogP contribution is -2.24. The number of benzene rings is 1. The maximum absolute atomic E-state index is 5.85. The molecule has 1 aromatic carbocycles. The molecule has 2 rings (SSSR count). The summed E-state index contributed by atoms with van der Waals surface area (Å²) in [7, 11) is 0. The van der Waals surface area contributed by atoms with Gasteiger partial charge in [0.1, 0.15) is 5.75 Å². The quantitative estimate of drug-likeness (QED) is 0.670. The van der Waals surface area contributed by atoms with Crippen LogP contribution in [-0.2, 0) is 4.84 Å². The first kappa shape index (κ1) is 17.8. The first-order valence-electron chi connectivity index (χ1n) is 8.73. The molecule has 0 amide bonds. The van der Waals surface area contributed by atoms with Crippen LogP contribution >= 0.6 is 0 Å². The van der Waals surface area contributed by atoms with Crippen LogP contribution in [0.25, 0.3) is 0 Å². The van der Waals surface area contributed by atoms with E-state index in [1.54, 1.807) is 0 Å². The number of nitrogens with zero attached hydrogens (tertiary/aromatic N) is 2. The van der Waals surface area contributed by atoms with Gasteiger partial charge in [-0.3, -0.25) is 0 Å². The van der Waals surface area contributed by atoms with Gasteiger partial charge < -0.3 is 14.9 Å². The maximum Gasteiger partial charge on any atom is 0.213 e. The van der Waals surface area contributed by atoms with Gasteiger partial charge in [-0.1, -0.05) is 32.4 Å². The summed E-state index contributed by atoms with van der Waals surface area (Å²) < 4.78 is 5.71. The van der Waals surface area contributed by atoms with E-state index in [2.05, 4.69) is 38.2 Å². The molecule has 1 heterocycles.